The minimum Gasteiger partial charge on any atom is -0.493 e. The normalized spacial score (nSPS) is 9.76. The first-order valence-electron chi connectivity index (χ1n) is 5.52. The maximum atomic E-state index is 11.3. The van der Waals surface area contributed by atoms with Crippen molar-refractivity contribution in [2.75, 3.05) is 20.7 Å². The Labute approximate surface area is 101 Å². The average Bonchev–Trinajstić information content (AvgIpc) is 2.34. The average molecular weight is 235 g/mol. The molecule has 0 radical (unpaired) electrons. The molecule has 17 heavy (non-hydrogen) atoms. The standard InChI is InChI=1S/C13H17NO3/c1-14(2)13(16)8-5-9-17-12-7-4-3-6-11(12)10-15/h3-4,6-7,10H,5,8-9H2,1-2H3. The third-order valence-corrected chi connectivity index (χ3v) is 2.34. The summed E-state index contributed by atoms with van der Waals surface area (Å²) >= 11 is 0. The Bertz CT molecular complexity index is 388. The summed E-state index contributed by atoms with van der Waals surface area (Å²) in [7, 11) is 3.45. The van der Waals surface area contributed by atoms with Crippen molar-refractivity contribution >= 4 is 12.2 Å². The SMILES string of the molecule is CN(C)C(=O)CCCOc1ccccc1C=O. The number of hydrogen-bond acceptors (Lipinski definition) is 3. The van der Waals surface area contributed by atoms with Crippen LogP contribution in [-0.4, -0.2) is 37.8 Å². The zero-order chi connectivity index (χ0) is 12.7. The van der Waals surface area contributed by atoms with Crippen LogP contribution in [0.4, 0.5) is 0 Å². The van der Waals surface area contributed by atoms with Gasteiger partial charge in [0.25, 0.3) is 0 Å². The minimum atomic E-state index is 0.0808. The molecule has 0 N–H and O–H groups in total. The molecular formula is C13H17NO3. The lowest BCUT2D eigenvalue weighted by Crippen LogP contribution is -2.21. The molecule has 0 saturated heterocycles. The van der Waals surface area contributed by atoms with Crippen molar-refractivity contribution in [3.8, 4) is 5.75 Å². The highest BCUT2D eigenvalue weighted by Crippen LogP contribution is 2.15. The molecule has 0 bridgehead atoms. The van der Waals surface area contributed by atoms with Gasteiger partial charge in [0.2, 0.25) is 5.91 Å². The Balaban J connectivity index is 2.36. The summed E-state index contributed by atoms with van der Waals surface area (Å²) in [5.74, 6) is 0.650. The summed E-state index contributed by atoms with van der Waals surface area (Å²) in [4.78, 5) is 23.6. The molecule has 0 fully saturated rings. The van der Waals surface area contributed by atoms with Gasteiger partial charge in [-0.3, -0.25) is 9.59 Å². The smallest absolute Gasteiger partial charge is 0.222 e. The zero-order valence-electron chi connectivity index (χ0n) is 10.2. The van der Waals surface area contributed by atoms with Gasteiger partial charge in [-0.2, -0.15) is 0 Å². The predicted molar refractivity (Wildman–Crippen MR) is 65.3 cm³/mol. The molecule has 0 aliphatic heterocycles. The van der Waals surface area contributed by atoms with E-state index >= 15 is 0 Å². The number of aldehydes is 1. The summed E-state index contributed by atoms with van der Waals surface area (Å²) in [6.45, 7) is 0.435. The molecule has 0 aromatic heterocycles. The Hall–Kier alpha value is -1.84. The second-order valence-corrected chi connectivity index (χ2v) is 3.90. The van der Waals surface area contributed by atoms with Crippen molar-refractivity contribution in [2.24, 2.45) is 0 Å². The number of benzene rings is 1. The number of carbonyl (C=O) groups is 2. The Morgan fingerprint density at radius 3 is 2.71 bits per heavy atom. The number of para-hydroxylation sites is 1. The van der Waals surface area contributed by atoms with Crippen LogP contribution in [0.15, 0.2) is 24.3 Å². The van der Waals surface area contributed by atoms with E-state index in [1.807, 2.05) is 6.07 Å². The second kappa shape index (κ2) is 6.68. The van der Waals surface area contributed by atoms with E-state index in [1.165, 1.54) is 0 Å². The van der Waals surface area contributed by atoms with Gasteiger partial charge in [0.15, 0.2) is 6.29 Å². The lowest BCUT2D eigenvalue weighted by Gasteiger charge is -2.11. The van der Waals surface area contributed by atoms with Crippen LogP contribution < -0.4 is 4.74 Å². The van der Waals surface area contributed by atoms with Crippen LogP contribution >= 0.6 is 0 Å². The van der Waals surface area contributed by atoms with E-state index in [9.17, 15) is 9.59 Å². The maximum Gasteiger partial charge on any atom is 0.222 e. The molecule has 0 saturated carbocycles. The molecule has 0 heterocycles. The van der Waals surface area contributed by atoms with Gasteiger partial charge in [0.05, 0.1) is 12.2 Å². The molecule has 4 nitrogen and oxygen atoms in total. The van der Waals surface area contributed by atoms with Crippen molar-refractivity contribution < 1.29 is 14.3 Å². The third-order valence-electron chi connectivity index (χ3n) is 2.34. The van der Waals surface area contributed by atoms with Crippen molar-refractivity contribution in [3.63, 3.8) is 0 Å². The van der Waals surface area contributed by atoms with E-state index in [0.717, 1.165) is 6.29 Å². The van der Waals surface area contributed by atoms with Gasteiger partial charge in [-0.15, -0.1) is 0 Å². The monoisotopic (exact) mass is 235 g/mol. The first-order valence-corrected chi connectivity index (χ1v) is 5.52. The summed E-state index contributed by atoms with van der Waals surface area (Å²) < 4.78 is 5.46. The van der Waals surface area contributed by atoms with Crippen molar-refractivity contribution in [3.05, 3.63) is 29.8 Å². The second-order valence-electron chi connectivity index (χ2n) is 3.90. The Morgan fingerprint density at radius 1 is 1.35 bits per heavy atom. The van der Waals surface area contributed by atoms with E-state index in [4.69, 9.17) is 4.74 Å². The van der Waals surface area contributed by atoms with Crippen LogP contribution in [0.25, 0.3) is 0 Å². The van der Waals surface area contributed by atoms with Crippen molar-refractivity contribution in [1.82, 2.24) is 4.90 Å². The summed E-state index contributed by atoms with van der Waals surface area (Å²) in [6, 6.07) is 7.05. The Morgan fingerprint density at radius 2 is 2.06 bits per heavy atom. The van der Waals surface area contributed by atoms with Crippen LogP contribution in [0.2, 0.25) is 0 Å². The van der Waals surface area contributed by atoms with Gasteiger partial charge in [0.1, 0.15) is 5.75 Å². The van der Waals surface area contributed by atoms with Crippen LogP contribution in [0, 0.1) is 0 Å². The minimum absolute atomic E-state index is 0.0808. The lowest BCUT2D eigenvalue weighted by molar-refractivity contribution is -0.128. The van der Waals surface area contributed by atoms with E-state index in [0.29, 0.717) is 30.8 Å². The van der Waals surface area contributed by atoms with Gasteiger partial charge in [-0.05, 0) is 18.6 Å². The van der Waals surface area contributed by atoms with Gasteiger partial charge in [0, 0.05) is 20.5 Å². The van der Waals surface area contributed by atoms with Crippen molar-refractivity contribution in [2.45, 2.75) is 12.8 Å². The first-order chi connectivity index (χ1) is 8.15. The van der Waals surface area contributed by atoms with Crippen LogP contribution in [0.3, 0.4) is 0 Å². The van der Waals surface area contributed by atoms with E-state index in [-0.39, 0.29) is 5.91 Å². The molecule has 0 aliphatic rings. The number of ether oxygens (including phenoxy) is 1. The van der Waals surface area contributed by atoms with E-state index in [1.54, 1.807) is 37.2 Å². The molecule has 92 valence electrons. The third kappa shape index (κ3) is 4.26. The fourth-order valence-electron chi connectivity index (χ4n) is 1.34. The number of amides is 1. The number of rotatable bonds is 6. The highest BCUT2D eigenvalue weighted by atomic mass is 16.5. The number of carbonyl (C=O) groups excluding carboxylic acids is 2. The highest BCUT2D eigenvalue weighted by molar-refractivity contribution is 5.79. The van der Waals surface area contributed by atoms with Gasteiger partial charge in [-0.1, -0.05) is 12.1 Å². The number of hydrogen-bond donors (Lipinski definition) is 0. The molecule has 1 aromatic carbocycles. The molecule has 1 rings (SSSR count). The predicted octanol–water partition coefficient (Wildman–Crippen LogP) is 1.75. The van der Waals surface area contributed by atoms with E-state index < -0.39 is 0 Å². The molecule has 4 heteroatoms. The largest absolute Gasteiger partial charge is 0.493 e. The van der Waals surface area contributed by atoms with Gasteiger partial charge >= 0.3 is 0 Å². The van der Waals surface area contributed by atoms with Crippen LogP contribution in [0.1, 0.15) is 23.2 Å². The molecule has 1 amide bonds. The first kappa shape index (κ1) is 13.2. The summed E-state index contributed by atoms with van der Waals surface area (Å²) in [5, 5.41) is 0. The molecule has 0 unspecified atom stereocenters. The molecule has 1 aromatic rings. The van der Waals surface area contributed by atoms with Crippen LogP contribution in [0.5, 0.6) is 5.75 Å². The fourth-order valence-corrected chi connectivity index (χ4v) is 1.34. The van der Waals surface area contributed by atoms with E-state index in [2.05, 4.69) is 0 Å². The Kier molecular flexibility index (Phi) is 5.20. The maximum absolute atomic E-state index is 11.3. The summed E-state index contributed by atoms with van der Waals surface area (Å²) in [6.07, 6.45) is 1.86. The molecule has 0 spiro atoms. The number of nitrogens with zero attached hydrogens (tertiary/aromatic N) is 1. The van der Waals surface area contributed by atoms with Gasteiger partial charge < -0.3 is 9.64 Å². The quantitative estimate of drug-likeness (QED) is 0.557. The molecule has 0 aliphatic carbocycles. The van der Waals surface area contributed by atoms with Gasteiger partial charge in [-0.25, -0.2) is 0 Å². The zero-order valence-corrected chi connectivity index (χ0v) is 10.2. The summed E-state index contributed by atoms with van der Waals surface area (Å²) in [5.41, 5.74) is 0.534. The topological polar surface area (TPSA) is 46.6 Å². The van der Waals surface area contributed by atoms with Crippen molar-refractivity contribution in [1.29, 1.82) is 0 Å². The molecule has 0 atom stereocenters. The lowest BCUT2D eigenvalue weighted by atomic mass is 10.2. The van der Waals surface area contributed by atoms with Crippen LogP contribution in [-0.2, 0) is 4.79 Å². The fraction of sp³-hybridized carbons (Fsp3) is 0.385. The highest BCUT2D eigenvalue weighted by Gasteiger charge is 2.04. The molecular weight excluding hydrogens is 218 g/mol.